The third-order valence-electron chi connectivity index (χ3n) is 3.60. The zero-order chi connectivity index (χ0) is 20.2. The molecular formula is C26H15OP. The normalized spacial score (nSPS) is 8.18. The molecule has 0 amide bonds. The van der Waals surface area contributed by atoms with Crippen LogP contribution < -0.4 is 10.0 Å². The SMILES string of the molecule is C#CC#CC#CP(C#CC#CC#C)c1ccccc1-c1c(C)cccc1OC. The van der Waals surface area contributed by atoms with Crippen LogP contribution in [0.4, 0.5) is 0 Å². The molecule has 1 nitrogen and oxygen atoms in total. The van der Waals surface area contributed by atoms with E-state index in [1.54, 1.807) is 7.11 Å². The fourth-order valence-electron chi connectivity index (χ4n) is 2.49. The number of aryl methyl sites for hydroxylation is 1. The summed E-state index contributed by atoms with van der Waals surface area (Å²) in [6.45, 7) is 2.05. The second-order valence-electron chi connectivity index (χ2n) is 5.27. The van der Waals surface area contributed by atoms with Gasteiger partial charge in [-0.25, -0.2) is 0 Å². The summed E-state index contributed by atoms with van der Waals surface area (Å²) in [6, 6.07) is 13.9. The summed E-state index contributed by atoms with van der Waals surface area (Å²) < 4.78 is 5.59. The van der Waals surface area contributed by atoms with Crippen molar-refractivity contribution >= 4 is 13.2 Å². The lowest BCUT2D eigenvalue weighted by Crippen LogP contribution is -2.05. The van der Waals surface area contributed by atoms with E-state index in [1.807, 2.05) is 49.4 Å². The smallest absolute Gasteiger partial charge is 0.126 e. The van der Waals surface area contributed by atoms with Crippen molar-refractivity contribution in [1.82, 2.24) is 0 Å². The number of benzene rings is 2. The molecule has 0 spiro atoms. The highest BCUT2D eigenvalue weighted by Gasteiger charge is 2.17. The molecule has 0 aliphatic rings. The first kappa shape index (κ1) is 20.3. The molecule has 0 heterocycles. The molecule has 130 valence electrons. The molecule has 2 rings (SSSR count). The highest BCUT2D eigenvalue weighted by Crippen LogP contribution is 2.40. The zero-order valence-corrected chi connectivity index (χ0v) is 16.4. The van der Waals surface area contributed by atoms with Crippen molar-refractivity contribution in [2.75, 3.05) is 7.11 Å². The molecule has 0 fully saturated rings. The highest BCUT2D eigenvalue weighted by molar-refractivity contribution is 7.75. The third kappa shape index (κ3) is 5.26. The highest BCUT2D eigenvalue weighted by atomic mass is 31.1. The largest absolute Gasteiger partial charge is 0.496 e. The minimum absolute atomic E-state index is 0.794. The fraction of sp³-hybridized carbons (Fsp3) is 0.0769. The van der Waals surface area contributed by atoms with Gasteiger partial charge < -0.3 is 4.74 Å². The van der Waals surface area contributed by atoms with Crippen molar-refractivity contribution in [3.63, 3.8) is 0 Å². The predicted molar refractivity (Wildman–Crippen MR) is 118 cm³/mol. The van der Waals surface area contributed by atoms with Crippen molar-refractivity contribution < 1.29 is 4.74 Å². The van der Waals surface area contributed by atoms with E-state index in [4.69, 9.17) is 17.6 Å². The third-order valence-corrected chi connectivity index (χ3v) is 5.14. The van der Waals surface area contributed by atoms with Crippen LogP contribution in [-0.4, -0.2) is 7.11 Å². The first-order valence-corrected chi connectivity index (χ1v) is 9.52. The molecule has 0 bridgehead atoms. The molecule has 0 aliphatic heterocycles. The van der Waals surface area contributed by atoms with Gasteiger partial charge in [-0.1, -0.05) is 36.4 Å². The van der Waals surface area contributed by atoms with Crippen molar-refractivity contribution in [2.45, 2.75) is 6.92 Å². The quantitative estimate of drug-likeness (QED) is 0.584. The Morgan fingerprint density at radius 1 is 0.786 bits per heavy atom. The van der Waals surface area contributed by atoms with Crippen molar-refractivity contribution in [2.24, 2.45) is 0 Å². The summed E-state index contributed by atoms with van der Waals surface area (Å²) in [6.07, 6.45) is 10.3. The summed E-state index contributed by atoms with van der Waals surface area (Å²) in [4.78, 5) is 0. The average Bonchev–Trinajstić information content (AvgIpc) is 2.72. The summed E-state index contributed by atoms with van der Waals surface area (Å²) in [5.74, 6) is 21.2. The van der Waals surface area contributed by atoms with Crippen molar-refractivity contribution in [3.05, 3.63) is 48.0 Å². The Morgan fingerprint density at radius 3 is 2.04 bits per heavy atom. The Morgan fingerprint density at radius 2 is 1.43 bits per heavy atom. The maximum atomic E-state index is 5.59. The average molecular weight is 374 g/mol. The van der Waals surface area contributed by atoms with Gasteiger partial charge >= 0.3 is 0 Å². The molecule has 2 heteroatoms. The van der Waals surface area contributed by atoms with Crippen LogP contribution in [0.5, 0.6) is 5.75 Å². The Labute approximate surface area is 168 Å². The van der Waals surface area contributed by atoms with Crippen LogP contribution in [0.15, 0.2) is 42.5 Å². The second kappa shape index (κ2) is 10.9. The molecule has 0 aromatic heterocycles. The van der Waals surface area contributed by atoms with Gasteiger partial charge in [-0.3, -0.25) is 0 Å². The minimum Gasteiger partial charge on any atom is -0.496 e. The minimum atomic E-state index is -1.18. The Kier molecular flexibility index (Phi) is 7.92. The van der Waals surface area contributed by atoms with E-state index in [2.05, 4.69) is 58.7 Å². The Bertz CT molecular complexity index is 1160. The van der Waals surface area contributed by atoms with Crippen LogP contribution in [-0.2, 0) is 0 Å². The van der Waals surface area contributed by atoms with Gasteiger partial charge in [0.25, 0.3) is 0 Å². The van der Waals surface area contributed by atoms with Crippen LogP contribution in [0.2, 0.25) is 0 Å². The maximum Gasteiger partial charge on any atom is 0.126 e. The summed E-state index contributed by atoms with van der Waals surface area (Å²) in [5, 5.41) is 0.995. The van der Waals surface area contributed by atoms with Crippen LogP contribution in [0, 0.1) is 78.5 Å². The molecule has 28 heavy (non-hydrogen) atoms. The number of methoxy groups -OCH3 is 1. The predicted octanol–water partition coefficient (Wildman–Crippen LogP) is 3.97. The summed E-state index contributed by atoms with van der Waals surface area (Å²) in [7, 11) is 0.478. The lowest BCUT2D eigenvalue weighted by Gasteiger charge is -2.16. The monoisotopic (exact) mass is 374 g/mol. The van der Waals surface area contributed by atoms with E-state index in [1.165, 1.54) is 0 Å². The van der Waals surface area contributed by atoms with Gasteiger partial charge in [0.15, 0.2) is 0 Å². The Balaban J connectivity index is 2.68. The van der Waals surface area contributed by atoms with Crippen LogP contribution >= 0.6 is 7.92 Å². The van der Waals surface area contributed by atoms with Gasteiger partial charge in [0.2, 0.25) is 0 Å². The van der Waals surface area contributed by atoms with Gasteiger partial charge in [-0.15, -0.1) is 12.8 Å². The molecule has 0 saturated carbocycles. The molecule has 0 N–H and O–H groups in total. The van der Waals surface area contributed by atoms with Gasteiger partial charge in [-0.2, -0.15) is 0 Å². The fourth-order valence-corrected chi connectivity index (χ4v) is 3.78. The van der Waals surface area contributed by atoms with E-state index >= 15 is 0 Å². The zero-order valence-electron chi connectivity index (χ0n) is 15.6. The standard InChI is InChI=1S/C26H15OP/c1-5-7-9-13-20-28(21-14-10-8-6-2)25-19-12-11-17-23(25)26-22(3)16-15-18-24(26)27-4/h1-2,11-12,15-19H,3-4H3. The molecule has 0 radical (unpaired) electrons. The summed E-state index contributed by atoms with van der Waals surface area (Å²) in [5.41, 5.74) is 9.38. The second-order valence-corrected chi connectivity index (χ2v) is 6.87. The van der Waals surface area contributed by atoms with E-state index in [-0.39, 0.29) is 0 Å². The lowest BCUT2D eigenvalue weighted by molar-refractivity contribution is 0.416. The van der Waals surface area contributed by atoms with E-state index in [0.717, 1.165) is 27.7 Å². The van der Waals surface area contributed by atoms with Crippen LogP contribution in [0.1, 0.15) is 5.56 Å². The maximum absolute atomic E-state index is 5.59. The van der Waals surface area contributed by atoms with Crippen LogP contribution in [0.25, 0.3) is 11.1 Å². The van der Waals surface area contributed by atoms with Gasteiger partial charge in [0, 0.05) is 10.9 Å². The first-order valence-electron chi connectivity index (χ1n) is 8.18. The van der Waals surface area contributed by atoms with Gasteiger partial charge in [0.05, 0.1) is 15.0 Å². The number of rotatable bonds is 3. The molecule has 2 aromatic carbocycles. The van der Waals surface area contributed by atoms with Gasteiger partial charge in [-0.05, 0) is 82.8 Å². The lowest BCUT2D eigenvalue weighted by atomic mass is 9.99. The van der Waals surface area contributed by atoms with Crippen LogP contribution in [0.3, 0.4) is 0 Å². The topological polar surface area (TPSA) is 9.23 Å². The van der Waals surface area contributed by atoms with E-state index in [0.29, 0.717) is 0 Å². The first-order chi connectivity index (χ1) is 13.7. The Hall–Kier alpha value is -3.97. The number of terminal acetylenes is 2. The van der Waals surface area contributed by atoms with Gasteiger partial charge in [0.1, 0.15) is 5.75 Å². The molecule has 0 atom stereocenters. The molecule has 0 aliphatic carbocycles. The van der Waals surface area contributed by atoms with E-state index in [9.17, 15) is 0 Å². The number of ether oxygens (including phenoxy) is 1. The summed E-state index contributed by atoms with van der Waals surface area (Å²) >= 11 is 0. The number of hydrogen-bond donors (Lipinski definition) is 0. The van der Waals surface area contributed by atoms with E-state index < -0.39 is 7.92 Å². The molecule has 0 unspecified atom stereocenters. The van der Waals surface area contributed by atoms with Crippen molar-refractivity contribution in [3.8, 4) is 88.4 Å². The molecule has 0 saturated heterocycles. The molecular weight excluding hydrogens is 359 g/mol. The van der Waals surface area contributed by atoms with Crippen molar-refractivity contribution in [1.29, 1.82) is 0 Å². The molecule has 2 aromatic rings. The number of hydrogen-bond acceptors (Lipinski definition) is 1.